The summed E-state index contributed by atoms with van der Waals surface area (Å²) in [5.41, 5.74) is 1.81. The van der Waals surface area contributed by atoms with Crippen molar-refractivity contribution in [1.29, 1.82) is 0 Å². The number of hydrogen-bond donors (Lipinski definition) is 3. The maximum atomic E-state index is 11.9. The standard InChI is InChI=1S/C21H30N2O3.2ClH/c1-6-13-9-18(25)26-19-15(13)7-8-17(24)16(19)12-22-14-10-20(2,3)23-21(4,5)11-14;;/h7-9,14,22-24H,6,10-12H2,1-5H3;2*1H. The Morgan fingerprint density at radius 3 is 2.36 bits per heavy atom. The molecule has 0 bridgehead atoms. The van der Waals surface area contributed by atoms with E-state index in [4.69, 9.17) is 4.42 Å². The summed E-state index contributed by atoms with van der Waals surface area (Å²) < 4.78 is 5.47. The van der Waals surface area contributed by atoms with Crippen molar-refractivity contribution in [2.45, 2.75) is 77.5 Å². The van der Waals surface area contributed by atoms with Crippen LogP contribution in [0.1, 0.15) is 58.6 Å². The molecule has 0 aliphatic carbocycles. The molecule has 3 N–H and O–H groups in total. The van der Waals surface area contributed by atoms with Crippen LogP contribution in [0.4, 0.5) is 0 Å². The second kappa shape index (κ2) is 9.04. The number of piperidine rings is 1. The molecule has 0 amide bonds. The molecule has 1 saturated heterocycles. The summed E-state index contributed by atoms with van der Waals surface area (Å²) in [7, 11) is 0. The summed E-state index contributed by atoms with van der Waals surface area (Å²) in [6.07, 6.45) is 2.73. The number of phenolic OH excluding ortho intramolecular Hbond substituents is 1. The van der Waals surface area contributed by atoms with Gasteiger partial charge in [0.2, 0.25) is 0 Å². The van der Waals surface area contributed by atoms with Crippen LogP contribution in [0.3, 0.4) is 0 Å². The average molecular weight is 431 g/mol. The van der Waals surface area contributed by atoms with Gasteiger partial charge in [-0.2, -0.15) is 0 Å². The molecule has 0 spiro atoms. The van der Waals surface area contributed by atoms with Crippen molar-refractivity contribution in [3.05, 3.63) is 39.7 Å². The molecule has 158 valence electrons. The Labute approximate surface area is 179 Å². The minimum atomic E-state index is -0.370. The van der Waals surface area contributed by atoms with Gasteiger partial charge in [0.1, 0.15) is 11.3 Å². The normalized spacial score (nSPS) is 18.3. The van der Waals surface area contributed by atoms with Crippen LogP contribution in [0.2, 0.25) is 0 Å². The summed E-state index contributed by atoms with van der Waals surface area (Å²) in [4.78, 5) is 11.9. The molecular weight excluding hydrogens is 399 g/mol. The minimum Gasteiger partial charge on any atom is -0.507 e. The fourth-order valence-corrected chi connectivity index (χ4v) is 4.51. The molecule has 2 aromatic rings. The van der Waals surface area contributed by atoms with E-state index in [0.717, 1.165) is 30.2 Å². The van der Waals surface area contributed by atoms with E-state index >= 15 is 0 Å². The zero-order valence-corrected chi connectivity index (χ0v) is 18.9. The molecule has 0 radical (unpaired) electrons. The number of benzene rings is 1. The van der Waals surface area contributed by atoms with Gasteiger partial charge in [0.25, 0.3) is 0 Å². The van der Waals surface area contributed by atoms with E-state index in [1.807, 2.05) is 13.0 Å². The first kappa shape index (κ1) is 24.8. The van der Waals surface area contributed by atoms with Gasteiger partial charge in [0.05, 0.1) is 5.56 Å². The number of rotatable bonds is 4. The SMILES string of the molecule is CCc1cc(=O)oc2c(CNC3CC(C)(C)NC(C)(C)C3)c(O)ccc12.Cl.Cl. The predicted octanol–water partition coefficient (Wildman–Crippen LogP) is 4.30. The van der Waals surface area contributed by atoms with E-state index in [-0.39, 0.29) is 47.3 Å². The summed E-state index contributed by atoms with van der Waals surface area (Å²) in [5, 5.41) is 18.5. The van der Waals surface area contributed by atoms with Gasteiger partial charge in [-0.3, -0.25) is 0 Å². The number of nitrogens with one attached hydrogen (secondary N) is 2. The van der Waals surface area contributed by atoms with Gasteiger partial charge in [-0.1, -0.05) is 6.92 Å². The second-order valence-corrected chi connectivity index (χ2v) is 8.76. The number of hydrogen-bond acceptors (Lipinski definition) is 5. The van der Waals surface area contributed by atoms with Crippen LogP contribution in [0, 0.1) is 0 Å². The third-order valence-corrected chi connectivity index (χ3v) is 5.22. The second-order valence-electron chi connectivity index (χ2n) is 8.76. The molecule has 5 nitrogen and oxygen atoms in total. The van der Waals surface area contributed by atoms with Gasteiger partial charge < -0.3 is 20.2 Å². The molecule has 7 heteroatoms. The smallest absolute Gasteiger partial charge is 0.336 e. The molecular formula is C21H32Cl2N2O3. The fourth-order valence-electron chi connectivity index (χ4n) is 4.51. The van der Waals surface area contributed by atoms with Crippen LogP contribution in [-0.4, -0.2) is 22.2 Å². The summed E-state index contributed by atoms with van der Waals surface area (Å²) in [6, 6.07) is 5.37. The molecule has 1 aromatic carbocycles. The first-order valence-electron chi connectivity index (χ1n) is 9.40. The molecule has 1 fully saturated rings. The van der Waals surface area contributed by atoms with E-state index in [9.17, 15) is 9.90 Å². The van der Waals surface area contributed by atoms with Gasteiger partial charge in [-0.15, -0.1) is 24.8 Å². The fraction of sp³-hybridized carbons (Fsp3) is 0.571. The highest BCUT2D eigenvalue weighted by Crippen LogP contribution is 2.31. The van der Waals surface area contributed by atoms with E-state index in [1.165, 1.54) is 6.07 Å². The molecule has 0 saturated carbocycles. The lowest BCUT2D eigenvalue weighted by molar-refractivity contribution is 0.145. The molecule has 1 aromatic heterocycles. The van der Waals surface area contributed by atoms with E-state index in [1.54, 1.807) is 6.07 Å². The lowest BCUT2D eigenvalue weighted by atomic mass is 9.79. The number of fused-ring (bicyclic) bond motifs is 1. The molecule has 2 heterocycles. The number of aryl methyl sites for hydroxylation is 1. The van der Waals surface area contributed by atoms with Crippen LogP contribution < -0.4 is 16.3 Å². The quantitative estimate of drug-likeness (QED) is 0.630. The van der Waals surface area contributed by atoms with Crippen LogP contribution >= 0.6 is 24.8 Å². The maximum absolute atomic E-state index is 11.9. The molecule has 3 rings (SSSR count). The van der Waals surface area contributed by atoms with Crippen LogP contribution in [0.25, 0.3) is 11.0 Å². The minimum absolute atomic E-state index is 0. The number of phenols is 1. The van der Waals surface area contributed by atoms with Gasteiger partial charge in [0.15, 0.2) is 0 Å². The van der Waals surface area contributed by atoms with Crippen molar-refractivity contribution in [3.63, 3.8) is 0 Å². The van der Waals surface area contributed by atoms with E-state index < -0.39 is 0 Å². The monoisotopic (exact) mass is 430 g/mol. The Balaban J connectivity index is 0.00000196. The Kier molecular flexibility index (Phi) is 7.99. The first-order chi connectivity index (χ1) is 12.1. The van der Waals surface area contributed by atoms with E-state index in [2.05, 4.69) is 38.3 Å². The summed E-state index contributed by atoms with van der Waals surface area (Å²) in [6.45, 7) is 11.3. The lowest BCUT2D eigenvalue weighted by Crippen LogP contribution is -2.61. The number of aromatic hydroxyl groups is 1. The van der Waals surface area contributed by atoms with Crippen molar-refractivity contribution >= 4 is 35.8 Å². The van der Waals surface area contributed by atoms with Crippen molar-refractivity contribution in [2.75, 3.05) is 0 Å². The topological polar surface area (TPSA) is 74.5 Å². The largest absolute Gasteiger partial charge is 0.507 e. The highest BCUT2D eigenvalue weighted by atomic mass is 35.5. The summed E-state index contributed by atoms with van der Waals surface area (Å²) >= 11 is 0. The molecule has 0 unspecified atom stereocenters. The molecule has 0 atom stereocenters. The van der Waals surface area contributed by atoms with Gasteiger partial charge in [-0.25, -0.2) is 4.79 Å². The van der Waals surface area contributed by atoms with Crippen LogP contribution in [-0.2, 0) is 13.0 Å². The van der Waals surface area contributed by atoms with Crippen LogP contribution in [0.5, 0.6) is 5.75 Å². The summed E-state index contributed by atoms with van der Waals surface area (Å²) in [5.74, 6) is 0.161. The number of halogens is 2. The van der Waals surface area contributed by atoms with Crippen molar-refractivity contribution in [2.24, 2.45) is 0 Å². The Morgan fingerprint density at radius 2 is 1.79 bits per heavy atom. The van der Waals surface area contributed by atoms with Gasteiger partial charge in [-0.05, 0) is 64.7 Å². The average Bonchev–Trinajstić information content (AvgIpc) is 2.50. The third-order valence-electron chi connectivity index (χ3n) is 5.22. The molecule has 1 aliphatic rings. The van der Waals surface area contributed by atoms with E-state index in [0.29, 0.717) is 23.7 Å². The first-order valence-corrected chi connectivity index (χ1v) is 9.40. The predicted molar refractivity (Wildman–Crippen MR) is 119 cm³/mol. The Morgan fingerprint density at radius 1 is 1.18 bits per heavy atom. The lowest BCUT2D eigenvalue weighted by Gasteiger charge is -2.46. The zero-order chi connectivity index (χ0) is 19.1. The maximum Gasteiger partial charge on any atom is 0.336 e. The highest BCUT2D eigenvalue weighted by molar-refractivity contribution is 5.86. The van der Waals surface area contributed by atoms with Gasteiger partial charge >= 0.3 is 5.63 Å². The van der Waals surface area contributed by atoms with Crippen LogP contribution in [0.15, 0.2) is 27.4 Å². The van der Waals surface area contributed by atoms with Crippen molar-refractivity contribution < 1.29 is 9.52 Å². The van der Waals surface area contributed by atoms with Crippen molar-refractivity contribution in [3.8, 4) is 5.75 Å². The molecule has 28 heavy (non-hydrogen) atoms. The Bertz CT molecular complexity index is 862. The zero-order valence-electron chi connectivity index (χ0n) is 17.2. The third kappa shape index (κ3) is 5.41. The van der Waals surface area contributed by atoms with Gasteiger partial charge in [0, 0.05) is 35.1 Å². The van der Waals surface area contributed by atoms with Crippen molar-refractivity contribution in [1.82, 2.24) is 10.6 Å². The molecule has 1 aliphatic heterocycles. The highest BCUT2D eigenvalue weighted by Gasteiger charge is 2.37. The Hall–Kier alpha value is -1.27.